The van der Waals surface area contributed by atoms with Gasteiger partial charge in [0.2, 0.25) is 5.88 Å². The highest BCUT2D eigenvalue weighted by atomic mass is 19.4. The van der Waals surface area contributed by atoms with Crippen molar-refractivity contribution in [1.82, 2.24) is 15.0 Å². The second-order valence-electron chi connectivity index (χ2n) is 3.97. The number of carboxylic acid groups (broad SMARTS) is 1. The molecule has 2 N–H and O–H groups in total. The molecule has 0 spiro atoms. The summed E-state index contributed by atoms with van der Waals surface area (Å²) in [6.07, 6.45) is -4.43. The minimum Gasteiger partial charge on any atom is -0.481 e. The lowest BCUT2D eigenvalue weighted by Crippen LogP contribution is -2.15. The number of nitrogens with one attached hydrogen (secondary N) is 1. The van der Waals surface area contributed by atoms with Crippen molar-refractivity contribution in [3.63, 3.8) is 0 Å². The molecule has 2 aromatic heterocycles. The van der Waals surface area contributed by atoms with Crippen LogP contribution in [0.2, 0.25) is 0 Å². The van der Waals surface area contributed by atoms with Crippen LogP contribution in [0, 0.1) is 0 Å². The van der Waals surface area contributed by atoms with Crippen LogP contribution in [0.3, 0.4) is 0 Å². The quantitative estimate of drug-likeness (QED) is 0.904. The molecule has 7 nitrogen and oxygen atoms in total. The summed E-state index contributed by atoms with van der Waals surface area (Å²) in [6.45, 7) is 0. The standard InChI is InChI=1S/C12H9F3N4O3/c1-22-8-4-6(2-3-16-8)9-10(19-11(20)21)18-7(5-17-9)12(13,14)15/h2-5H,1H3,(H,18,19)(H,20,21). The van der Waals surface area contributed by atoms with Crippen LogP contribution in [0.5, 0.6) is 5.88 Å². The first-order valence-electron chi connectivity index (χ1n) is 5.76. The van der Waals surface area contributed by atoms with Gasteiger partial charge in [0.1, 0.15) is 5.69 Å². The Balaban J connectivity index is 2.56. The van der Waals surface area contributed by atoms with Crippen LogP contribution in [-0.4, -0.2) is 33.3 Å². The Bertz CT molecular complexity index is 706. The molecule has 2 heterocycles. The van der Waals surface area contributed by atoms with Crippen molar-refractivity contribution < 1.29 is 27.8 Å². The number of alkyl halides is 3. The summed E-state index contributed by atoms with van der Waals surface area (Å²) in [7, 11) is 1.36. The van der Waals surface area contributed by atoms with Crippen molar-refractivity contribution in [3.8, 4) is 17.1 Å². The number of hydrogen-bond acceptors (Lipinski definition) is 5. The highest BCUT2D eigenvalue weighted by Gasteiger charge is 2.34. The normalized spacial score (nSPS) is 11.1. The number of aromatic nitrogens is 3. The first-order valence-corrected chi connectivity index (χ1v) is 5.76. The summed E-state index contributed by atoms with van der Waals surface area (Å²) in [6, 6.07) is 2.83. The number of ether oxygens (including phenoxy) is 1. The van der Waals surface area contributed by atoms with E-state index in [4.69, 9.17) is 9.84 Å². The average molecular weight is 314 g/mol. The predicted molar refractivity (Wildman–Crippen MR) is 68.5 cm³/mol. The van der Waals surface area contributed by atoms with Gasteiger partial charge in [0.15, 0.2) is 11.5 Å². The molecule has 0 saturated heterocycles. The van der Waals surface area contributed by atoms with Crippen LogP contribution in [0.1, 0.15) is 5.69 Å². The molecule has 10 heteroatoms. The molecule has 0 unspecified atom stereocenters. The molecule has 0 aliphatic heterocycles. The zero-order valence-electron chi connectivity index (χ0n) is 11.0. The third-order valence-electron chi connectivity index (χ3n) is 2.51. The predicted octanol–water partition coefficient (Wildman–Crippen LogP) is 2.66. The van der Waals surface area contributed by atoms with Crippen molar-refractivity contribution >= 4 is 11.9 Å². The summed E-state index contributed by atoms with van der Waals surface area (Å²) in [5, 5.41) is 10.5. The number of methoxy groups -OCH3 is 1. The number of anilines is 1. The molecule has 1 amide bonds. The van der Waals surface area contributed by atoms with Gasteiger partial charge in [0.05, 0.1) is 13.3 Å². The third-order valence-corrected chi connectivity index (χ3v) is 2.51. The van der Waals surface area contributed by atoms with Crippen LogP contribution in [-0.2, 0) is 6.18 Å². The first-order chi connectivity index (χ1) is 10.3. The van der Waals surface area contributed by atoms with E-state index in [1.165, 1.54) is 25.4 Å². The smallest absolute Gasteiger partial charge is 0.434 e. The fourth-order valence-electron chi connectivity index (χ4n) is 1.59. The molecule has 0 saturated carbocycles. The number of nitrogens with zero attached hydrogens (tertiary/aromatic N) is 3. The van der Waals surface area contributed by atoms with Crippen LogP contribution in [0.4, 0.5) is 23.8 Å². The van der Waals surface area contributed by atoms with Gasteiger partial charge in [-0.1, -0.05) is 0 Å². The second-order valence-corrected chi connectivity index (χ2v) is 3.97. The van der Waals surface area contributed by atoms with E-state index in [9.17, 15) is 18.0 Å². The summed E-state index contributed by atoms with van der Waals surface area (Å²) in [5.41, 5.74) is -1.08. The minimum atomic E-state index is -4.74. The number of halogens is 3. The Kier molecular flexibility index (Phi) is 4.11. The van der Waals surface area contributed by atoms with E-state index in [0.29, 0.717) is 11.8 Å². The molecule has 116 valence electrons. The van der Waals surface area contributed by atoms with Gasteiger partial charge in [-0.15, -0.1) is 0 Å². The number of hydrogen-bond donors (Lipinski definition) is 2. The minimum absolute atomic E-state index is 0.0731. The molecule has 22 heavy (non-hydrogen) atoms. The van der Waals surface area contributed by atoms with Gasteiger partial charge < -0.3 is 9.84 Å². The molecule has 2 rings (SSSR count). The van der Waals surface area contributed by atoms with Crippen molar-refractivity contribution in [2.45, 2.75) is 6.18 Å². The van der Waals surface area contributed by atoms with E-state index in [1.807, 2.05) is 0 Å². The van der Waals surface area contributed by atoms with Crippen molar-refractivity contribution in [2.24, 2.45) is 0 Å². The van der Waals surface area contributed by atoms with E-state index in [1.54, 1.807) is 5.32 Å². The lowest BCUT2D eigenvalue weighted by molar-refractivity contribution is -0.141. The number of rotatable bonds is 3. The van der Waals surface area contributed by atoms with Gasteiger partial charge >= 0.3 is 12.3 Å². The van der Waals surface area contributed by atoms with Crippen LogP contribution < -0.4 is 10.1 Å². The largest absolute Gasteiger partial charge is 0.481 e. The Morgan fingerprint density at radius 3 is 2.68 bits per heavy atom. The van der Waals surface area contributed by atoms with Crippen molar-refractivity contribution in [1.29, 1.82) is 0 Å². The fourth-order valence-corrected chi connectivity index (χ4v) is 1.59. The van der Waals surface area contributed by atoms with Gasteiger partial charge in [0.25, 0.3) is 0 Å². The topological polar surface area (TPSA) is 97.2 Å². The van der Waals surface area contributed by atoms with Crippen molar-refractivity contribution in [2.75, 3.05) is 12.4 Å². The maximum Gasteiger partial charge on any atom is 0.434 e. The monoisotopic (exact) mass is 314 g/mol. The zero-order valence-corrected chi connectivity index (χ0v) is 11.0. The Labute approximate surface area is 121 Å². The Morgan fingerprint density at radius 2 is 2.09 bits per heavy atom. The zero-order chi connectivity index (χ0) is 16.3. The van der Waals surface area contributed by atoms with E-state index in [0.717, 1.165) is 0 Å². The van der Waals surface area contributed by atoms with Gasteiger partial charge in [-0.2, -0.15) is 13.2 Å². The molecular formula is C12H9F3N4O3. The molecule has 2 aromatic rings. The van der Waals surface area contributed by atoms with Crippen LogP contribution >= 0.6 is 0 Å². The van der Waals surface area contributed by atoms with Gasteiger partial charge in [0, 0.05) is 17.8 Å². The van der Waals surface area contributed by atoms with Gasteiger partial charge in [-0.3, -0.25) is 10.3 Å². The maximum absolute atomic E-state index is 12.7. The van der Waals surface area contributed by atoms with Crippen molar-refractivity contribution in [3.05, 3.63) is 30.2 Å². The van der Waals surface area contributed by atoms with Crippen LogP contribution in [0.15, 0.2) is 24.5 Å². The molecular weight excluding hydrogens is 305 g/mol. The SMILES string of the molecule is COc1cc(-c2ncc(C(F)(F)F)nc2NC(=O)O)ccn1. The number of amides is 1. The van der Waals surface area contributed by atoms with E-state index < -0.39 is 23.8 Å². The average Bonchev–Trinajstić information content (AvgIpc) is 2.45. The summed E-state index contributed by atoms with van der Waals surface area (Å²) in [5.74, 6) is -0.337. The first kappa shape index (κ1) is 15.5. The summed E-state index contributed by atoms with van der Waals surface area (Å²) >= 11 is 0. The lowest BCUT2D eigenvalue weighted by atomic mass is 10.2. The molecule has 0 radical (unpaired) electrons. The lowest BCUT2D eigenvalue weighted by Gasteiger charge is -2.11. The molecule has 0 aromatic carbocycles. The van der Waals surface area contributed by atoms with E-state index in [-0.39, 0.29) is 11.6 Å². The molecule has 0 aliphatic carbocycles. The summed E-state index contributed by atoms with van der Waals surface area (Å²) < 4.78 is 42.9. The maximum atomic E-state index is 12.7. The highest BCUT2D eigenvalue weighted by molar-refractivity contribution is 5.87. The number of pyridine rings is 1. The molecule has 0 atom stereocenters. The van der Waals surface area contributed by atoms with E-state index >= 15 is 0 Å². The van der Waals surface area contributed by atoms with Gasteiger partial charge in [-0.05, 0) is 6.07 Å². The third kappa shape index (κ3) is 3.40. The Morgan fingerprint density at radius 1 is 1.36 bits per heavy atom. The van der Waals surface area contributed by atoms with E-state index in [2.05, 4.69) is 15.0 Å². The van der Waals surface area contributed by atoms with Crippen LogP contribution in [0.25, 0.3) is 11.3 Å². The highest BCUT2D eigenvalue weighted by Crippen LogP contribution is 2.32. The fraction of sp³-hybridized carbons (Fsp3) is 0.167. The second kappa shape index (κ2) is 5.84. The Hall–Kier alpha value is -2.91. The molecule has 0 bridgehead atoms. The molecule has 0 aliphatic rings. The summed E-state index contributed by atoms with van der Waals surface area (Å²) in [4.78, 5) is 21.5. The molecule has 0 fully saturated rings. The number of carbonyl (C=O) groups is 1. The van der Waals surface area contributed by atoms with Gasteiger partial charge in [-0.25, -0.2) is 14.8 Å².